The van der Waals surface area contributed by atoms with Gasteiger partial charge < -0.3 is 5.21 Å². The van der Waals surface area contributed by atoms with Crippen LogP contribution in [0.4, 0.5) is 8.78 Å². The van der Waals surface area contributed by atoms with E-state index in [2.05, 4.69) is 5.16 Å². The molecule has 0 heterocycles. The summed E-state index contributed by atoms with van der Waals surface area (Å²) in [4.78, 5) is 0. The van der Waals surface area contributed by atoms with Gasteiger partial charge in [-0.25, -0.2) is 8.78 Å². The van der Waals surface area contributed by atoms with E-state index in [4.69, 9.17) is 5.21 Å². The molecule has 0 radical (unpaired) electrons. The van der Waals surface area contributed by atoms with E-state index in [1.807, 2.05) is 0 Å². The Morgan fingerprint density at radius 2 is 2.00 bits per heavy atom. The predicted molar refractivity (Wildman–Crippen MR) is 39.3 cm³/mol. The van der Waals surface area contributed by atoms with Gasteiger partial charge in [0.2, 0.25) is 0 Å². The maximum atomic E-state index is 12.1. The summed E-state index contributed by atoms with van der Waals surface area (Å²) < 4.78 is 24.2. The lowest BCUT2D eigenvalue weighted by atomic mass is 9.85. The predicted octanol–water partition coefficient (Wildman–Crippen LogP) is 2.52. The summed E-state index contributed by atoms with van der Waals surface area (Å²) in [6.07, 6.45) is -2.15. The highest BCUT2D eigenvalue weighted by molar-refractivity contribution is 5.91. The summed E-state index contributed by atoms with van der Waals surface area (Å²) in [5.74, 6) is 0. The van der Waals surface area contributed by atoms with Crippen molar-refractivity contribution in [3.05, 3.63) is 0 Å². The van der Waals surface area contributed by atoms with Crippen LogP contribution in [0.2, 0.25) is 0 Å². The van der Waals surface area contributed by atoms with Crippen LogP contribution in [0.5, 0.6) is 0 Å². The Hall–Kier alpha value is -0.670. The number of nitrogens with zero attached hydrogens (tertiary/aromatic N) is 1. The molecular formula is C7H13F2NO. The SMILES string of the molecule is CCC(C)(C)/C(=N\O)C(F)F. The highest BCUT2D eigenvalue weighted by atomic mass is 19.3. The molecular weight excluding hydrogens is 152 g/mol. The Morgan fingerprint density at radius 1 is 1.55 bits per heavy atom. The van der Waals surface area contributed by atoms with Gasteiger partial charge in [0.05, 0.1) is 0 Å². The van der Waals surface area contributed by atoms with Crippen LogP contribution in [0.15, 0.2) is 5.16 Å². The van der Waals surface area contributed by atoms with Gasteiger partial charge in [-0.3, -0.25) is 0 Å². The zero-order valence-electron chi connectivity index (χ0n) is 6.93. The molecule has 0 bridgehead atoms. The van der Waals surface area contributed by atoms with E-state index in [-0.39, 0.29) is 0 Å². The van der Waals surface area contributed by atoms with Crippen molar-refractivity contribution in [2.75, 3.05) is 0 Å². The molecule has 0 aromatic rings. The molecule has 1 N–H and O–H groups in total. The van der Waals surface area contributed by atoms with Crippen molar-refractivity contribution in [3.8, 4) is 0 Å². The Labute approximate surface area is 64.9 Å². The van der Waals surface area contributed by atoms with Crippen LogP contribution in [-0.4, -0.2) is 17.3 Å². The van der Waals surface area contributed by atoms with Gasteiger partial charge in [-0.2, -0.15) is 0 Å². The van der Waals surface area contributed by atoms with Crippen molar-refractivity contribution in [2.45, 2.75) is 33.6 Å². The van der Waals surface area contributed by atoms with Crippen molar-refractivity contribution in [2.24, 2.45) is 10.6 Å². The first-order chi connectivity index (χ1) is 4.95. The summed E-state index contributed by atoms with van der Waals surface area (Å²) in [6, 6.07) is 0. The van der Waals surface area contributed by atoms with Crippen LogP contribution >= 0.6 is 0 Å². The second-order valence-electron chi connectivity index (χ2n) is 3.02. The van der Waals surface area contributed by atoms with Crippen LogP contribution in [-0.2, 0) is 0 Å². The molecule has 11 heavy (non-hydrogen) atoms. The van der Waals surface area contributed by atoms with E-state index in [1.165, 1.54) is 0 Å². The molecule has 0 spiro atoms. The van der Waals surface area contributed by atoms with Crippen LogP contribution in [0, 0.1) is 5.41 Å². The minimum absolute atomic E-state index is 0.444. The molecule has 0 fully saturated rings. The molecule has 0 aliphatic carbocycles. The average Bonchev–Trinajstić information content (AvgIpc) is 1.88. The highest BCUT2D eigenvalue weighted by Gasteiger charge is 2.30. The third kappa shape index (κ3) is 2.44. The van der Waals surface area contributed by atoms with Gasteiger partial charge in [-0.15, -0.1) is 0 Å². The first-order valence-electron chi connectivity index (χ1n) is 3.46. The maximum absolute atomic E-state index is 12.1. The van der Waals surface area contributed by atoms with Crippen molar-refractivity contribution < 1.29 is 14.0 Å². The molecule has 0 atom stereocenters. The number of alkyl halides is 2. The molecule has 0 saturated heterocycles. The number of hydrogen-bond donors (Lipinski definition) is 1. The smallest absolute Gasteiger partial charge is 0.280 e. The maximum Gasteiger partial charge on any atom is 0.280 e. The topological polar surface area (TPSA) is 32.6 Å². The molecule has 4 heteroatoms. The lowest BCUT2D eigenvalue weighted by Crippen LogP contribution is -2.29. The molecule has 0 saturated carbocycles. The molecule has 0 aliphatic rings. The van der Waals surface area contributed by atoms with Crippen LogP contribution in [0.3, 0.4) is 0 Å². The standard InChI is InChI=1S/C7H13F2NO/c1-4-7(2,3)5(10-11)6(8)9/h6,11H,4H2,1-3H3/b10-5-. The Kier molecular flexibility index (Phi) is 3.42. The van der Waals surface area contributed by atoms with Gasteiger partial charge in [0, 0.05) is 5.41 Å². The van der Waals surface area contributed by atoms with E-state index in [0.717, 1.165) is 0 Å². The van der Waals surface area contributed by atoms with Gasteiger partial charge in [0.1, 0.15) is 5.71 Å². The number of hydrogen-bond acceptors (Lipinski definition) is 2. The minimum Gasteiger partial charge on any atom is -0.411 e. The highest BCUT2D eigenvalue weighted by Crippen LogP contribution is 2.25. The second kappa shape index (κ2) is 3.64. The van der Waals surface area contributed by atoms with Gasteiger partial charge in [0.25, 0.3) is 6.43 Å². The molecule has 0 aromatic heterocycles. The minimum atomic E-state index is -2.67. The molecule has 66 valence electrons. The number of oxime groups is 1. The zero-order chi connectivity index (χ0) is 9.07. The van der Waals surface area contributed by atoms with E-state index in [0.29, 0.717) is 6.42 Å². The summed E-state index contributed by atoms with van der Waals surface area (Å²) >= 11 is 0. The largest absolute Gasteiger partial charge is 0.411 e. The zero-order valence-corrected chi connectivity index (χ0v) is 6.93. The third-order valence-corrected chi connectivity index (χ3v) is 1.89. The van der Waals surface area contributed by atoms with Crippen molar-refractivity contribution >= 4 is 5.71 Å². The fourth-order valence-electron chi connectivity index (χ4n) is 0.655. The van der Waals surface area contributed by atoms with Crippen LogP contribution in [0.25, 0.3) is 0 Å². The quantitative estimate of drug-likeness (QED) is 0.389. The lowest BCUT2D eigenvalue weighted by Gasteiger charge is -2.22. The normalized spacial score (nSPS) is 14.2. The molecule has 0 amide bonds. The Morgan fingerprint density at radius 3 is 2.09 bits per heavy atom. The lowest BCUT2D eigenvalue weighted by molar-refractivity contribution is 0.195. The third-order valence-electron chi connectivity index (χ3n) is 1.89. The van der Waals surface area contributed by atoms with Gasteiger partial charge >= 0.3 is 0 Å². The fourth-order valence-corrected chi connectivity index (χ4v) is 0.655. The summed E-state index contributed by atoms with van der Waals surface area (Å²) in [6.45, 7) is 5.01. The van der Waals surface area contributed by atoms with Crippen molar-refractivity contribution in [1.29, 1.82) is 0 Å². The molecule has 2 nitrogen and oxygen atoms in total. The first-order valence-corrected chi connectivity index (χ1v) is 3.46. The van der Waals surface area contributed by atoms with Gasteiger partial charge in [-0.1, -0.05) is 25.9 Å². The van der Waals surface area contributed by atoms with Gasteiger partial charge in [0.15, 0.2) is 0 Å². The number of halogens is 2. The van der Waals surface area contributed by atoms with Crippen LogP contribution < -0.4 is 0 Å². The van der Waals surface area contributed by atoms with E-state index < -0.39 is 17.6 Å². The summed E-state index contributed by atoms with van der Waals surface area (Å²) in [5.41, 5.74) is -1.16. The molecule has 0 unspecified atom stereocenters. The second-order valence-corrected chi connectivity index (χ2v) is 3.02. The fraction of sp³-hybridized carbons (Fsp3) is 0.857. The Balaban J connectivity index is 4.52. The molecule has 0 aliphatic heterocycles. The summed E-state index contributed by atoms with van der Waals surface area (Å²) in [7, 11) is 0. The molecule has 0 aromatic carbocycles. The van der Waals surface area contributed by atoms with Crippen molar-refractivity contribution in [1.82, 2.24) is 0 Å². The molecule has 0 rings (SSSR count). The van der Waals surface area contributed by atoms with Gasteiger partial charge in [-0.05, 0) is 6.42 Å². The summed E-state index contributed by atoms with van der Waals surface area (Å²) in [5, 5.41) is 10.9. The van der Waals surface area contributed by atoms with Crippen molar-refractivity contribution in [3.63, 3.8) is 0 Å². The van der Waals surface area contributed by atoms with E-state index >= 15 is 0 Å². The Bertz CT molecular complexity index is 155. The monoisotopic (exact) mass is 165 g/mol. The van der Waals surface area contributed by atoms with E-state index in [1.54, 1.807) is 20.8 Å². The van der Waals surface area contributed by atoms with E-state index in [9.17, 15) is 8.78 Å². The first kappa shape index (κ1) is 10.3. The van der Waals surface area contributed by atoms with Crippen LogP contribution in [0.1, 0.15) is 27.2 Å². The average molecular weight is 165 g/mol. The number of rotatable bonds is 3.